The number of nitrogens with zero attached hydrogens (tertiary/aromatic N) is 1. The van der Waals surface area contributed by atoms with Crippen LogP contribution >= 0.6 is 0 Å². The fraction of sp³-hybridized carbons (Fsp3) is 0.611. The second kappa shape index (κ2) is 8.29. The predicted octanol–water partition coefficient (Wildman–Crippen LogP) is 2.57. The molecule has 2 atom stereocenters. The van der Waals surface area contributed by atoms with Gasteiger partial charge in [0.25, 0.3) is 0 Å². The van der Waals surface area contributed by atoms with Crippen molar-refractivity contribution < 1.29 is 13.2 Å². The minimum absolute atomic E-state index is 0.00948. The van der Waals surface area contributed by atoms with Crippen molar-refractivity contribution in [3.8, 4) is 0 Å². The second-order valence-electron chi connectivity index (χ2n) is 7.07. The van der Waals surface area contributed by atoms with Crippen LogP contribution in [0.25, 0.3) is 0 Å². The van der Waals surface area contributed by atoms with Crippen LogP contribution in [0.2, 0.25) is 0 Å². The molecule has 1 aromatic rings. The Bertz CT molecular complexity index is 676. The molecule has 1 aliphatic heterocycles. The molecule has 1 aromatic carbocycles. The van der Waals surface area contributed by atoms with Crippen LogP contribution in [0, 0.1) is 0 Å². The van der Waals surface area contributed by atoms with Gasteiger partial charge in [0.05, 0.1) is 11.4 Å². The van der Waals surface area contributed by atoms with E-state index in [1.54, 1.807) is 28.6 Å². The number of amides is 1. The monoisotopic (exact) mass is 367 g/mol. The van der Waals surface area contributed by atoms with Gasteiger partial charge >= 0.3 is 0 Å². The Kier molecular flexibility index (Phi) is 6.59. The summed E-state index contributed by atoms with van der Waals surface area (Å²) < 4.78 is 27.5. The first-order valence-electron chi connectivity index (χ1n) is 8.88. The highest BCUT2D eigenvalue weighted by molar-refractivity contribution is 7.89. The van der Waals surface area contributed by atoms with Gasteiger partial charge in [0.1, 0.15) is 0 Å². The molecule has 0 bridgehead atoms. The summed E-state index contributed by atoms with van der Waals surface area (Å²) >= 11 is 0. The third-order valence-electron chi connectivity index (χ3n) is 4.50. The number of anilines is 1. The van der Waals surface area contributed by atoms with Crippen molar-refractivity contribution in [2.75, 3.05) is 11.9 Å². The topological polar surface area (TPSA) is 78.5 Å². The van der Waals surface area contributed by atoms with E-state index in [-0.39, 0.29) is 35.5 Å². The van der Waals surface area contributed by atoms with Gasteiger partial charge in [0.2, 0.25) is 15.9 Å². The Hall–Kier alpha value is -1.44. The third-order valence-corrected chi connectivity index (χ3v) is 6.64. The summed E-state index contributed by atoms with van der Waals surface area (Å²) in [7, 11) is -3.52. The number of benzene rings is 1. The second-order valence-corrected chi connectivity index (χ2v) is 8.92. The SMILES string of the molecule is CC(C)NCC(=O)Nc1ccc(S(=O)(=O)N2[C@H](C)CCC[C@H]2C)cc1. The molecule has 140 valence electrons. The Labute approximate surface area is 151 Å². The molecule has 1 amide bonds. The van der Waals surface area contributed by atoms with Crippen molar-refractivity contribution in [2.24, 2.45) is 0 Å². The summed E-state index contributed by atoms with van der Waals surface area (Å²) in [6.07, 6.45) is 2.84. The van der Waals surface area contributed by atoms with Crippen LogP contribution in [0.3, 0.4) is 0 Å². The molecule has 1 heterocycles. The van der Waals surface area contributed by atoms with E-state index in [2.05, 4.69) is 10.6 Å². The molecule has 2 rings (SSSR count). The molecule has 0 radical (unpaired) electrons. The highest BCUT2D eigenvalue weighted by Gasteiger charge is 2.35. The summed E-state index contributed by atoms with van der Waals surface area (Å²) in [5, 5.41) is 5.80. The van der Waals surface area contributed by atoms with Crippen LogP contribution in [-0.4, -0.2) is 43.3 Å². The Morgan fingerprint density at radius 2 is 1.72 bits per heavy atom. The van der Waals surface area contributed by atoms with Gasteiger partial charge in [0.15, 0.2) is 0 Å². The van der Waals surface area contributed by atoms with Gasteiger partial charge in [0, 0.05) is 23.8 Å². The Morgan fingerprint density at radius 1 is 1.16 bits per heavy atom. The van der Waals surface area contributed by atoms with Crippen LogP contribution in [-0.2, 0) is 14.8 Å². The normalized spacial score (nSPS) is 22.1. The van der Waals surface area contributed by atoms with Crippen LogP contribution in [0.15, 0.2) is 29.2 Å². The number of nitrogens with one attached hydrogen (secondary N) is 2. The van der Waals surface area contributed by atoms with E-state index < -0.39 is 10.0 Å². The number of rotatable bonds is 6. The van der Waals surface area contributed by atoms with Gasteiger partial charge in [-0.3, -0.25) is 4.79 Å². The van der Waals surface area contributed by atoms with Crippen molar-refractivity contribution in [1.29, 1.82) is 0 Å². The summed E-state index contributed by atoms with van der Waals surface area (Å²) in [5.74, 6) is -0.150. The number of hydrogen-bond donors (Lipinski definition) is 2. The molecule has 0 spiro atoms. The number of carbonyl (C=O) groups excluding carboxylic acids is 1. The van der Waals surface area contributed by atoms with E-state index in [0.717, 1.165) is 19.3 Å². The average molecular weight is 368 g/mol. The maximum absolute atomic E-state index is 12.9. The fourth-order valence-corrected chi connectivity index (χ4v) is 5.09. The van der Waals surface area contributed by atoms with Gasteiger partial charge in [-0.2, -0.15) is 4.31 Å². The van der Waals surface area contributed by atoms with E-state index in [4.69, 9.17) is 0 Å². The van der Waals surface area contributed by atoms with Crippen molar-refractivity contribution in [3.63, 3.8) is 0 Å². The van der Waals surface area contributed by atoms with Gasteiger partial charge in [-0.25, -0.2) is 8.42 Å². The van der Waals surface area contributed by atoms with Crippen LogP contribution in [0.5, 0.6) is 0 Å². The summed E-state index contributed by atoms with van der Waals surface area (Å²) in [6.45, 7) is 8.08. The minimum Gasteiger partial charge on any atom is -0.325 e. The Morgan fingerprint density at radius 3 is 2.24 bits per heavy atom. The van der Waals surface area contributed by atoms with Gasteiger partial charge in [-0.05, 0) is 51.0 Å². The molecule has 0 unspecified atom stereocenters. The summed E-state index contributed by atoms with van der Waals surface area (Å²) in [4.78, 5) is 12.1. The zero-order chi connectivity index (χ0) is 18.6. The molecule has 2 N–H and O–H groups in total. The molecule has 0 aromatic heterocycles. The van der Waals surface area contributed by atoms with E-state index in [1.807, 2.05) is 27.7 Å². The maximum Gasteiger partial charge on any atom is 0.243 e. The van der Waals surface area contributed by atoms with E-state index >= 15 is 0 Å². The van der Waals surface area contributed by atoms with Crippen molar-refractivity contribution in [3.05, 3.63) is 24.3 Å². The molecule has 6 nitrogen and oxygen atoms in total. The highest BCUT2D eigenvalue weighted by Crippen LogP contribution is 2.29. The lowest BCUT2D eigenvalue weighted by Crippen LogP contribution is -2.47. The minimum atomic E-state index is -3.52. The average Bonchev–Trinajstić information content (AvgIpc) is 2.53. The number of hydrogen-bond acceptors (Lipinski definition) is 4. The highest BCUT2D eigenvalue weighted by atomic mass is 32.2. The van der Waals surface area contributed by atoms with E-state index in [9.17, 15) is 13.2 Å². The first kappa shape index (κ1) is 19.9. The molecule has 25 heavy (non-hydrogen) atoms. The lowest BCUT2D eigenvalue weighted by atomic mass is 10.0. The molecule has 1 aliphatic rings. The molecular weight excluding hydrogens is 338 g/mol. The lowest BCUT2D eigenvalue weighted by Gasteiger charge is -2.37. The van der Waals surface area contributed by atoms with Crippen LogP contribution in [0.4, 0.5) is 5.69 Å². The first-order valence-corrected chi connectivity index (χ1v) is 10.3. The zero-order valence-electron chi connectivity index (χ0n) is 15.5. The number of carbonyl (C=O) groups is 1. The first-order chi connectivity index (χ1) is 11.7. The zero-order valence-corrected chi connectivity index (χ0v) is 16.3. The van der Waals surface area contributed by atoms with Crippen molar-refractivity contribution in [1.82, 2.24) is 9.62 Å². The molecule has 0 saturated carbocycles. The lowest BCUT2D eigenvalue weighted by molar-refractivity contribution is -0.115. The van der Waals surface area contributed by atoms with Crippen LogP contribution < -0.4 is 10.6 Å². The summed E-state index contributed by atoms with van der Waals surface area (Å²) in [5.41, 5.74) is 0.592. The maximum atomic E-state index is 12.9. The molecule has 1 fully saturated rings. The molecule has 7 heteroatoms. The van der Waals surface area contributed by atoms with E-state index in [1.165, 1.54) is 0 Å². The van der Waals surface area contributed by atoms with E-state index in [0.29, 0.717) is 5.69 Å². The fourth-order valence-electron chi connectivity index (χ4n) is 3.21. The molecule has 1 saturated heterocycles. The Balaban J connectivity index is 2.09. The number of piperidine rings is 1. The van der Waals surface area contributed by atoms with Crippen molar-refractivity contribution in [2.45, 2.75) is 70.0 Å². The number of sulfonamides is 1. The predicted molar refractivity (Wildman–Crippen MR) is 100 cm³/mol. The van der Waals surface area contributed by atoms with Gasteiger partial charge < -0.3 is 10.6 Å². The smallest absolute Gasteiger partial charge is 0.243 e. The standard InChI is InChI=1S/C18H29N3O3S/c1-13(2)19-12-18(22)20-16-8-10-17(11-9-16)25(23,24)21-14(3)6-5-7-15(21)4/h8-11,13-15,19H,5-7,12H2,1-4H3,(H,20,22)/t14-,15-/m1/s1. The van der Waals surface area contributed by atoms with Crippen molar-refractivity contribution >= 4 is 21.6 Å². The summed E-state index contributed by atoms with van der Waals surface area (Å²) in [6, 6.07) is 6.65. The van der Waals surface area contributed by atoms with Gasteiger partial charge in [-0.1, -0.05) is 20.3 Å². The quantitative estimate of drug-likeness (QED) is 0.810. The largest absolute Gasteiger partial charge is 0.325 e. The molecule has 0 aliphatic carbocycles. The third kappa shape index (κ3) is 5.03. The molecular formula is C18H29N3O3S. The van der Waals surface area contributed by atoms with Crippen LogP contribution in [0.1, 0.15) is 47.0 Å². The van der Waals surface area contributed by atoms with Gasteiger partial charge in [-0.15, -0.1) is 0 Å².